The number of amides is 3. The maximum atomic E-state index is 13.8. The van der Waals surface area contributed by atoms with Crippen LogP contribution in [0, 0.1) is 0 Å². The zero-order valence-corrected chi connectivity index (χ0v) is 25.1. The van der Waals surface area contributed by atoms with Crippen molar-refractivity contribution in [1.29, 1.82) is 0 Å². The standard InChI is InChI=1S/C29H28Cl2N10O3/c1-33-13-17-10-19(3-6-22(17)32)34-29(44)25(12-20-8-9-40(36-20)21-4-5-21)39-16-27(42)38(15-28(39)43)24-11-18(30)2-7-23(24)41-14-26(31)35-37-41/h2-3,6-11,13-14,21,25H,4-5,12,15-16,32H2,1H3,(H,34,44). The van der Waals surface area contributed by atoms with Crippen molar-refractivity contribution in [3.05, 3.63) is 76.3 Å². The van der Waals surface area contributed by atoms with Crippen LogP contribution < -0.4 is 16.0 Å². The van der Waals surface area contributed by atoms with Crippen molar-refractivity contribution in [3.63, 3.8) is 0 Å². The molecular weight excluding hydrogens is 607 g/mol. The summed E-state index contributed by atoms with van der Waals surface area (Å²) < 4.78 is 3.28. The van der Waals surface area contributed by atoms with Gasteiger partial charge in [0.25, 0.3) is 0 Å². The number of nitrogens with one attached hydrogen (secondary N) is 1. The molecule has 13 nitrogen and oxygen atoms in total. The number of nitrogen functional groups attached to an aromatic ring is 1. The number of nitrogens with two attached hydrogens (primary N) is 1. The van der Waals surface area contributed by atoms with Crippen LogP contribution >= 0.6 is 23.2 Å². The van der Waals surface area contributed by atoms with Crippen LogP contribution in [0.15, 0.2) is 59.9 Å². The summed E-state index contributed by atoms with van der Waals surface area (Å²) in [6, 6.07) is 11.0. The van der Waals surface area contributed by atoms with Crippen LogP contribution in [0.1, 0.15) is 30.1 Å². The van der Waals surface area contributed by atoms with E-state index in [0.29, 0.717) is 45.1 Å². The Balaban J connectivity index is 1.29. The lowest BCUT2D eigenvalue weighted by molar-refractivity contribution is -0.143. The summed E-state index contributed by atoms with van der Waals surface area (Å²) >= 11 is 12.3. The molecular formula is C29H28Cl2N10O3. The molecule has 1 unspecified atom stereocenters. The van der Waals surface area contributed by atoms with Gasteiger partial charge in [0.15, 0.2) is 5.15 Å². The number of anilines is 3. The quantitative estimate of drug-likeness (QED) is 0.211. The summed E-state index contributed by atoms with van der Waals surface area (Å²) in [5.41, 5.74) is 9.09. The van der Waals surface area contributed by atoms with Crippen molar-refractivity contribution in [1.82, 2.24) is 29.7 Å². The highest BCUT2D eigenvalue weighted by atomic mass is 35.5. The van der Waals surface area contributed by atoms with Crippen LogP contribution in [0.2, 0.25) is 10.2 Å². The maximum absolute atomic E-state index is 13.8. The highest BCUT2D eigenvalue weighted by Gasteiger charge is 2.39. The highest BCUT2D eigenvalue weighted by molar-refractivity contribution is 6.31. The van der Waals surface area contributed by atoms with Gasteiger partial charge in [0.05, 0.1) is 29.3 Å². The summed E-state index contributed by atoms with van der Waals surface area (Å²) in [4.78, 5) is 47.9. The predicted molar refractivity (Wildman–Crippen MR) is 166 cm³/mol. The molecule has 44 heavy (non-hydrogen) atoms. The van der Waals surface area contributed by atoms with E-state index < -0.39 is 23.8 Å². The van der Waals surface area contributed by atoms with Crippen molar-refractivity contribution >= 4 is 64.2 Å². The van der Waals surface area contributed by atoms with E-state index in [9.17, 15) is 14.4 Å². The fourth-order valence-corrected chi connectivity index (χ4v) is 5.40. The second-order valence-corrected chi connectivity index (χ2v) is 11.4. The Labute approximate surface area is 262 Å². The van der Waals surface area contributed by atoms with Crippen LogP contribution in [0.4, 0.5) is 17.1 Å². The number of carbonyl (C=O) groups is 3. The van der Waals surface area contributed by atoms with Gasteiger partial charge >= 0.3 is 0 Å². The molecule has 1 aliphatic carbocycles. The first kappa shape index (κ1) is 29.3. The van der Waals surface area contributed by atoms with E-state index >= 15 is 0 Å². The van der Waals surface area contributed by atoms with Gasteiger partial charge in [-0.05, 0) is 55.3 Å². The number of rotatable bonds is 9. The Hall–Kier alpha value is -4.75. The molecule has 1 saturated heterocycles. The third kappa shape index (κ3) is 6.15. The Bertz CT molecular complexity index is 1780. The molecule has 1 saturated carbocycles. The van der Waals surface area contributed by atoms with E-state index in [1.807, 2.05) is 16.9 Å². The number of hydrogen-bond acceptors (Lipinski definition) is 8. The summed E-state index contributed by atoms with van der Waals surface area (Å²) in [7, 11) is 1.62. The summed E-state index contributed by atoms with van der Waals surface area (Å²) in [5, 5.41) is 15.8. The fraction of sp³-hybridized carbons (Fsp3) is 0.276. The molecule has 15 heteroatoms. The first-order valence-electron chi connectivity index (χ1n) is 13.8. The van der Waals surface area contributed by atoms with Gasteiger partial charge in [0, 0.05) is 47.8 Å². The zero-order chi connectivity index (χ0) is 31.0. The molecule has 2 aromatic heterocycles. The smallest absolute Gasteiger partial charge is 0.247 e. The number of halogens is 2. The molecule has 3 N–H and O–H groups in total. The van der Waals surface area contributed by atoms with Crippen LogP contribution in [0.3, 0.4) is 0 Å². The number of hydrogen-bond donors (Lipinski definition) is 2. The Morgan fingerprint density at radius 1 is 1.11 bits per heavy atom. The van der Waals surface area contributed by atoms with Crippen molar-refractivity contribution in [2.24, 2.45) is 4.99 Å². The lowest BCUT2D eigenvalue weighted by Crippen LogP contribution is -2.60. The second kappa shape index (κ2) is 12.1. The Kier molecular flexibility index (Phi) is 8.06. The van der Waals surface area contributed by atoms with Gasteiger partial charge in [-0.3, -0.25) is 29.0 Å². The molecule has 1 aliphatic heterocycles. The van der Waals surface area contributed by atoms with E-state index in [4.69, 9.17) is 28.9 Å². The van der Waals surface area contributed by atoms with Crippen LogP contribution in [-0.4, -0.2) is 79.8 Å². The monoisotopic (exact) mass is 634 g/mol. The molecule has 6 rings (SSSR count). The second-order valence-electron chi connectivity index (χ2n) is 10.6. The zero-order valence-electron chi connectivity index (χ0n) is 23.6. The van der Waals surface area contributed by atoms with E-state index in [1.165, 1.54) is 20.7 Å². The number of aromatic nitrogens is 5. The number of piperazine rings is 1. The van der Waals surface area contributed by atoms with E-state index in [-0.39, 0.29) is 24.7 Å². The molecule has 3 amide bonds. The molecule has 0 bridgehead atoms. The van der Waals surface area contributed by atoms with Gasteiger partial charge in [-0.2, -0.15) is 5.10 Å². The molecule has 1 atom stereocenters. The average molecular weight is 636 g/mol. The minimum absolute atomic E-state index is 0.114. The lowest BCUT2D eigenvalue weighted by Gasteiger charge is -2.38. The number of carbonyl (C=O) groups excluding carboxylic acids is 3. The highest BCUT2D eigenvalue weighted by Crippen LogP contribution is 2.34. The fourth-order valence-electron chi connectivity index (χ4n) is 5.10. The van der Waals surface area contributed by atoms with Gasteiger partial charge in [-0.15, -0.1) is 5.10 Å². The summed E-state index contributed by atoms with van der Waals surface area (Å²) in [5.74, 6) is -1.30. The lowest BCUT2D eigenvalue weighted by atomic mass is 10.1. The van der Waals surface area contributed by atoms with Crippen molar-refractivity contribution in [2.45, 2.75) is 31.3 Å². The molecule has 0 radical (unpaired) electrons. The van der Waals surface area contributed by atoms with E-state index in [1.54, 1.807) is 49.7 Å². The average Bonchev–Trinajstić information content (AvgIpc) is 3.59. The molecule has 3 heterocycles. The molecule has 0 spiro atoms. The molecule has 2 fully saturated rings. The van der Waals surface area contributed by atoms with Crippen molar-refractivity contribution < 1.29 is 14.4 Å². The van der Waals surface area contributed by atoms with Crippen molar-refractivity contribution in [3.8, 4) is 5.69 Å². The number of benzene rings is 2. The molecule has 2 aliphatic rings. The number of nitrogens with zero attached hydrogens (tertiary/aromatic N) is 8. The van der Waals surface area contributed by atoms with Crippen LogP contribution in [0.5, 0.6) is 0 Å². The SMILES string of the molecule is CN=Cc1cc(NC(=O)C(Cc2ccn(C3CC3)n2)N2CC(=O)N(c3cc(Cl)ccc3-n3cc(Cl)nn3)CC2=O)ccc1N. The van der Waals surface area contributed by atoms with E-state index in [0.717, 1.165) is 12.8 Å². The first-order valence-corrected chi connectivity index (χ1v) is 14.6. The van der Waals surface area contributed by atoms with Gasteiger partial charge in [0.2, 0.25) is 17.7 Å². The van der Waals surface area contributed by atoms with Crippen LogP contribution in [0.25, 0.3) is 5.69 Å². The minimum atomic E-state index is -1.02. The maximum Gasteiger partial charge on any atom is 0.247 e. The molecule has 2 aromatic carbocycles. The van der Waals surface area contributed by atoms with E-state index in [2.05, 4.69) is 25.7 Å². The Morgan fingerprint density at radius 3 is 2.66 bits per heavy atom. The molecule has 226 valence electrons. The third-order valence-corrected chi connectivity index (χ3v) is 7.86. The minimum Gasteiger partial charge on any atom is -0.398 e. The number of aliphatic imine (C=N–C) groups is 1. The van der Waals surface area contributed by atoms with Gasteiger partial charge < -0.3 is 16.0 Å². The third-order valence-electron chi connectivity index (χ3n) is 7.45. The van der Waals surface area contributed by atoms with Gasteiger partial charge in [-0.25, -0.2) is 4.68 Å². The van der Waals surface area contributed by atoms with Crippen LogP contribution in [-0.2, 0) is 20.8 Å². The summed E-state index contributed by atoms with van der Waals surface area (Å²) in [6.45, 7) is -0.673. The largest absolute Gasteiger partial charge is 0.398 e. The van der Waals surface area contributed by atoms with Gasteiger partial charge in [0.1, 0.15) is 19.1 Å². The summed E-state index contributed by atoms with van der Waals surface area (Å²) in [6.07, 6.45) is 7.15. The van der Waals surface area contributed by atoms with Gasteiger partial charge in [-0.1, -0.05) is 28.4 Å². The topological polar surface area (TPSA) is 157 Å². The normalized spacial score (nSPS) is 16.2. The Morgan fingerprint density at radius 2 is 1.93 bits per heavy atom. The molecule has 4 aromatic rings. The first-order chi connectivity index (χ1) is 21.2. The van der Waals surface area contributed by atoms with Crippen molar-refractivity contribution in [2.75, 3.05) is 36.1 Å². The predicted octanol–water partition coefficient (Wildman–Crippen LogP) is 3.16.